The van der Waals surface area contributed by atoms with Crippen molar-refractivity contribution in [3.05, 3.63) is 77.2 Å². The second-order valence-corrected chi connectivity index (χ2v) is 8.49. The number of anilines is 2. The van der Waals surface area contributed by atoms with E-state index in [4.69, 9.17) is 4.98 Å². The molecule has 0 spiro atoms. The van der Waals surface area contributed by atoms with Gasteiger partial charge in [-0.2, -0.15) is 0 Å². The predicted molar refractivity (Wildman–Crippen MR) is 119 cm³/mol. The zero-order valence-electron chi connectivity index (χ0n) is 16.4. The maximum atomic E-state index is 4.84. The third kappa shape index (κ3) is 3.99. The van der Waals surface area contributed by atoms with Gasteiger partial charge in [0.2, 0.25) is 0 Å². The van der Waals surface area contributed by atoms with Gasteiger partial charge in [-0.15, -0.1) is 11.3 Å². The van der Waals surface area contributed by atoms with Crippen molar-refractivity contribution >= 4 is 33.1 Å². The van der Waals surface area contributed by atoms with Crippen LogP contribution in [0.4, 0.5) is 10.8 Å². The van der Waals surface area contributed by atoms with Crippen LogP contribution in [0.5, 0.6) is 0 Å². The van der Waals surface area contributed by atoms with Crippen molar-refractivity contribution in [2.45, 2.75) is 25.8 Å². The van der Waals surface area contributed by atoms with Gasteiger partial charge in [0, 0.05) is 59.2 Å². The van der Waals surface area contributed by atoms with E-state index in [9.17, 15) is 0 Å². The fraction of sp³-hybridized carbons (Fsp3) is 0.261. The minimum absolute atomic E-state index is 0.458. The maximum absolute atomic E-state index is 4.84. The smallest absolute Gasteiger partial charge is 0.187 e. The molecule has 1 aliphatic rings. The average Bonchev–Trinajstić information content (AvgIpc) is 3.40. The van der Waals surface area contributed by atoms with Crippen LogP contribution in [0.15, 0.2) is 60.2 Å². The maximum Gasteiger partial charge on any atom is 0.187 e. The number of nitrogens with zero attached hydrogens (tertiary/aromatic N) is 4. The van der Waals surface area contributed by atoms with Crippen molar-refractivity contribution in [1.82, 2.24) is 19.9 Å². The lowest BCUT2D eigenvalue weighted by atomic mass is 10.0. The Labute approximate surface area is 174 Å². The van der Waals surface area contributed by atoms with Gasteiger partial charge in [-0.05, 0) is 49.7 Å². The van der Waals surface area contributed by atoms with Crippen LogP contribution in [-0.4, -0.2) is 32.9 Å². The SMILES string of the molecule is Cc1cc(Nc2nccs2)cc([C@@H]2CCN(Cc3cccc4ncccc34)C2)n1. The Morgan fingerprint density at radius 3 is 3.00 bits per heavy atom. The predicted octanol–water partition coefficient (Wildman–Crippen LogP) is 5.13. The number of hydrogen-bond acceptors (Lipinski definition) is 6. The molecule has 1 saturated heterocycles. The van der Waals surface area contributed by atoms with E-state index in [1.165, 1.54) is 16.6 Å². The number of fused-ring (bicyclic) bond motifs is 1. The van der Waals surface area contributed by atoms with Crippen molar-refractivity contribution in [3.8, 4) is 0 Å². The van der Waals surface area contributed by atoms with Crippen LogP contribution in [-0.2, 0) is 6.54 Å². The summed E-state index contributed by atoms with van der Waals surface area (Å²) in [5.41, 5.74) is 5.70. The summed E-state index contributed by atoms with van der Waals surface area (Å²) in [7, 11) is 0. The lowest BCUT2D eigenvalue weighted by molar-refractivity contribution is 0.327. The first-order chi connectivity index (χ1) is 14.2. The number of pyridine rings is 2. The minimum Gasteiger partial charge on any atom is -0.331 e. The summed E-state index contributed by atoms with van der Waals surface area (Å²) >= 11 is 1.61. The second-order valence-electron chi connectivity index (χ2n) is 7.59. The molecule has 1 N–H and O–H groups in total. The summed E-state index contributed by atoms with van der Waals surface area (Å²) < 4.78 is 0. The van der Waals surface area contributed by atoms with Crippen LogP contribution in [0, 0.1) is 6.92 Å². The molecule has 0 amide bonds. The molecule has 1 atom stereocenters. The molecule has 29 heavy (non-hydrogen) atoms. The first-order valence-corrected chi connectivity index (χ1v) is 10.8. The Balaban J connectivity index is 1.32. The van der Waals surface area contributed by atoms with Gasteiger partial charge in [-0.3, -0.25) is 14.9 Å². The van der Waals surface area contributed by atoms with E-state index in [-0.39, 0.29) is 0 Å². The highest BCUT2D eigenvalue weighted by Gasteiger charge is 2.25. The molecule has 5 nitrogen and oxygen atoms in total. The van der Waals surface area contributed by atoms with E-state index in [0.717, 1.165) is 48.1 Å². The van der Waals surface area contributed by atoms with Crippen LogP contribution in [0.1, 0.15) is 29.3 Å². The van der Waals surface area contributed by atoms with E-state index in [2.05, 4.69) is 63.5 Å². The Kier molecular flexibility index (Phi) is 4.96. The largest absolute Gasteiger partial charge is 0.331 e. The molecule has 4 aromatic rings. The zero-order chi connectivity index (χ0) is 19.6. The molecule has 0 unspecified atom stereocenters. The normalized spacial score (nSPS) is 17.1. The first kappa shape index (κ1) is 18.2. The molecule has 0 radical (unpaired) electrons. The van der Waals surface area contributed by atoms with E-state index in [1.54, 1.807) is 11.3 Å². The molecule has 6 heteroatoms. The highest BCUT2D eigenvalue weighted by atomic mass is 32.1. The molecule has 1 aromatic carbocycles. The number of hydrogen-bond donors (Lipinski definition) is 1. The lowest BCUT2D eigenvalue weighted by Gasteiger charge is -2.18. The Hall–Kier alpha value is -2.83. The number of thiazole rings is 1. The standard InChI is InChI=1S/C23H23N5S/c1-16-12-19(27-23-25-9-11-29-23)13-22(26-16)18-7-10-28(15-18)14-17-4-2-6-21-20(17)5-3-8-24-21/h2-6,8-9,11-13,18H,7,10,14-15H2,1H3,(H,25,26,27)/t18-/m1/s1. The molecule has 5 rings (SSSR count). The molecule has 3 aromatic heterocycles. The molecule has 1 fully saturated rings. The third-order valence-corrected chi connectivity index (χ3v) is 6.17. The van der Waals surface area contributed by atoms with Crippen molar-refractivity contribution in [2.75, 3.05) is 18.4 Å². The van der Waals surface area contributed by atoms with E-state index in [1.807, 2.05) is 23.8 Å². The minimum atomic E-state index is 0.458. The van der Waals surface area contributed by atoms with E-state index < -0.39 is 0 Å². The summed E-state index contributed by atoms with van der Waals surface area (Å²) in [5, 5.41) is 7.56. The second kappa shape index (κ2) is 7.89. The van der Waals surface area contributed by atoms with Gasteiger partial charge in [-0.25, -0.2) is 4.98 Å². The van der Waals surface area contributed by atoms with Gasteiger partial charge in [0.15, 0.2) is 5.13 Å². The van der Waals surface area contributed by atoms with Crippen LogP contribution in [0.25, 0.3) is 10.9 Å². The van der Waals surface area contributed by atoms with Crippen LogP contribution >= 0.6 is 11.3 Å². The van der Waals surface area contributed by atoms with Crippen molar-refractivity contribution in [3.63, 3.8) is 0 Å². The summed E-state index contributed by atoms with van der Waals surface area (Å²) in [6, 6.07) is 14.9. The van der Waals surface area contributed by atoms with E-state index in [0.29, 0.717) is 5.92 Å². The number of likely N-dealkylation sites (tertiary alicyclic amines) is 1. The van der Waals surface area contributed by atoms with Crippen LogP contribution < -0.4 is 5.32 Å². The first-order valence-electron chi connectivity index (χ1n) is 9.95. The molecular formula is C23H23N5S. The lowest BCUT2D eigenvalue weighted by Crippen LogP contribution is -2.20. The summed E-state index contributed by atoms with van der Waals surface area (Å²) in [6.45, 7) is 5.14. The van der Waals surface area contributed by atoms with Gasteiger partial charge in [0.1, 0.15) is 0 Å². The molecule has 0 bridgehead atoms. The topological polar surface area (TPSA) is 53.9 Å². The average molecular weight is 402 g/mol. The fourth-order valence-electron chi connectivity index (χ4n) is 4.15. The van der Waals surface area contributed by atoms with Crippen LogP contribution in [0.3, 0.4) is 0 Å². The number of aryl methyl sites for hydroxylation is 1. The van der Waals surface area contributed by atoms with Crippen molar-refractivity contribution < 1.29 is 0 Å². The van der Waals surface area contributed by atoms with Gasteiger partial charge in [0.25, 0.3) is 0 Å². The third-order valence-electron chi connectivity index (χ3n) is 5.48. The number of rotatable bonds is 5. The van der Waals surface area contributed by atoms with Gasteiger partial charge in [0.05, 0.1) is 5.52 Å². The fourth-order valence-corrected chi connectivity index (χ4v) is 4.70. The quantitative estimate of drug-likeness (QED) is 0.502. The van der Waals surface area contributed by atoms with Gasteiger partial charge < -0.3 is 5.32 Å². The zero-order valence-corrected chi connectivity index (χ0v) is 17.2. The van der Waals surface area contributed by atoms with Crippen LogP contribution in [0.2, 0.25) is 0 Å². The summed E-state index contributed by atoms with van der Waals surface area (Å²) in [5.74, 6) is 0.458. The Morgan fingerprint density at radius 2 is 2.10 bits per heavy atom. The van der Waals surface area contributed by atoms with Gasteiger partial charge in [-0.1, -0.05) is 18.2 Å². The molecule has 146 valence electrons. The highest BCUT2D eigenvalue weighted by molar-refractivity contribution is 7.13. The van der Waals surface area contributed by atoms with Gasteiger partial charge >= 0.3 is 0 Å². The summed E-state index contributed by atoms with van der Waals surface area (Å²) in [4.78, 5) is 16.2. The highest BCUT2D eigenvalue weighted by Crippen LogP contribution is 2.31. The molecule has 1 aliphatic heterocycles. The van der Waals surface area contributed by atoms with Crippen molar-refractivity contribution in [1.29, 1.82) is 0 Å². The Bertz CT molecular complexity index is 1120. The van der Waals surface area contributed by atoms with E-state index >= 15 is 0 Å². The molecular weight excluding hydrogens is 378 g/mol. The molecule has 0 saturated carbocycles. The molecule has 4 heterocycles. The number of nitrogens with one attached hydrogen (secondary N) is 1. The number of aromatic nitrogens is 3. The number of benzene rings is 1. The Morgan fingerprint density at radius 1 is 1.14 bits per heavy atom. The summed E-state index contributed by atoms with van der Waals surface area (Å²) in [6.07, 6.45) is 4.81. The molecule has 0 aliphatic carbocycles. The van der Waals surface area contributed by atoms with Crippen molar-refractivity contribution in [2.24, 2.45) is 0 Å². The monoisotopic (exact) mass is 401 g/mol.